The zero-order valence-corrected chi connectivity index (χ0v) is 14.2. The molecule has 0 spiro atoms. The van der Waals surface area contributed by atoms with Crippen molar-refractivity contribution in [3.63, 3.8) is 0 Å². The molecule has 7 heteroatoms. The molecule has 3 rings (SSSR count). The molecule has 0 saturated heterocycles. The maximum Gasteiger partial charge on any atom is 0.339 e. The molecular formula is C19H17N3O4. The van der Waals surface area contributed by atoms with E-state index in [2.05, 4.69) is 10.3 Å². The van der Waals surface area contributed by atoms with Crippen molar-refractivity contribution in [3.8, 4) is 0 Å². The van der Waals surface area contributed by atoms with E-state index in [1.807, 2.05) is 37.2 Å². The molecule has 132 valence electrons. The summed E-state index contributed by atoms with van der Waals surface area (Å²) in [4.78, 5) is 28.8. The van der Waals surface area contributed by atoms with Gasteiger partial charge in [-0.2, -0.15) is 0 Å². The lowest BCUT2D eigenvalue weighted by atomic mass is 10.1. The first-order valence-corrected chi connectivity index (χ1v) is 7.80. The number of hydrogen-bond acceptors (Lipinski definition) is 5. The molecule has 0 aliphatic carbocycles. The van der Waals surface area contributed by atoms with Gasteiger partial charge in [-0.3, -0.25) is 4.98 Å². The average Bonchev–Trinajstić information content (AvgIpc) is 2.61. The maximum absolute atomic E-state index is 11.6. The van der Waals surface area contributed by atoms with Crippen molar-refractivity contribution in [1.82, 2.24) is 4.98 Å². The van der Waals surface area contributed by atoms with Gasteiger partial charge in [-0.15, -0.1) is 0 Å². The van der Waals surface area contributed by atoms with Crippen LogP contribution in [0.5, 0.6) is 0 Å². The molecule has 2 aromatic carbocycles. The highest BCUT2D eigenvalue weighted by atomic mass is 16.4. The lowest BCUT2D eigenvalue weighted by Gasteiger charge is -2.16. The van der Waals surface area contributed by atoms with Crippen LogP contribution in [0.25, 0.3) is 10.9 Å². The van der Waals surface area contributed by atoms with Crippen LogP contribution in [0.1, 0.15) is 20.7 Å². The highest BCUT2D eigenvalue weighted by Gasteiger charge is 2.16. The predicted molar refractivity (Wildman–Crippen MR) is 99.7 cm³/mol. The van der Waals surface area contributed by atoms with E-state index in [1.54, 1.807) is 12.1 Å². The van der Waals surface area contributed by atoms with Crippen molar-refractivity contribution in [3.05, 3.63) is 59.8 Å². The molecule has 26 heavy (non-hydrogen) atoms. The number of anilines is 3. The number of carbonyl (C=O) groups is 2. The summed E-state index contributed by atoms with van der Waals surface area (Å²) in [5, 5.41) is 22.3. The van der Waals surface area contributed by atoms with E-state index in [1.165, 1.54) is 18.3 Å². The number of carboxylic acid groups (broad SMARTS) is 2. The number of aromatic carboxylic acids is 2. The van der Waals surface area contributed by atoms with E-state index < -0.39 is 11.9 Å². The van der Waals surface area contributed by atoms with Crippen molar-refractivity contribution in [2.24, 2.45) is 0 Å². The third kappa shape index (κ3) is 3.27. The lowest BCUT2D eigenvalue weighted by Crippen LogP contribution is -2.09. The second kappa shape index (κ2) is 6.72. The van der Waals surface area contributed by atoms with Crippen LogP contribution in [0.2, 0.25) is 0 Å². The van der Waals surface area contributed by atoms with E-state index in [0.29, 0.717) is 22.3 Å². The van der Waals surface area contributed by atoms with Crippen LogP contribution in [0.4, 0.5) is 17.1 Å². The number of carboxylic acids is 2. The molecule has 0 bridgehead atoms. The largest absolute Gasteiger partial charge is 0.478 e. The van der Waals surface area contributed by atoms with Gasteiger partial charge in [0, 0.05) is 37.1 Å². The van der Waals surface area contributed by atoms with Gasteiger partial charge in [0.2, 0.25) is 0 Å². The first-order valence-electron chi connectivity index (χ1n) is 7.80. The molecule has 0 aliphatic heterocycles. The van der Waals surface area contributed by atoms with Gasteiger partial charge in [0.05, 0.1) is 16.8 Å². The van der Waals surface area contributed by atoms with E-state index in [9.17, 15) is 14.7 Å². The van der Waals surface area contributed by atoms with Crippen LogP contribution >= 0.6 is 0 Å². The van der Waals surface area contributed by atoms with Gasteiger partial charge in [0.15, 0.2) is 0 Å². The molecule has 7 nitrogen and oxygen atoms in total. The van der Waals surface area contributed by atoms with Crippen molar-refractivity contribution >= 4 is 39.9 Å². The highest BCUT2D eigenvalue weighted by molar-refractivity contribution is 6.06. The van der Waals surface area contributed by atoms with Gasteiger partial charge in [-0.25, -0.2) is 9.59 Å². The van der Waals surface area contributed by atoms with Crippen LogP contribution in [-0.2, 0) is 0 Å². The molecule has 0 radical (unpaired) electrons. The molecule has 0 amide bonds. The molecule has 0 aliphatic rings. The number of nitrogens with zero attached hydrogens (tertiary/aromatic N) is 2. The number of pyridine rings is 1. The van der Waals surface area contributed by atoms with Crippen molar-refractivity contribution in [1.29, 1.82) is 0 Å². The van der Waals surface area contributed by atoms with Gasteiger partial charge in [-0.05, 0) is 42.5 Å². The summed E-state index contributed by atoms with van der Waals surface area (Å²) in [7, 11) is 3.79. The molecule has 0 saturated carbocycles. The first-order chi connectivity index (χ1) is 12.4. The Morgan fingerprint density at radius 3 is 2.27 bits per heavy atom. The molecule has 0 atom stereocenters. The SMILES string of the molecule is CN(C)c1ccc2ncc(C(=O)O)c(Nc3ccc(C(=O)O)cc3)c2c1. The van der Waals surface area contributed by atoms with Crippen LogP contribution < -0.4 is 10.2 Å². The van der Waals surface area contributed by atoms with Gasteiger partial charge in [-0.1, -0.05) is 0 Å². The monoisotopic (exact) mass is 351 g/mol. The quantitative estimate of drug-likeness (QED) is 0.647. The van der Waals surface area contributed by atoms with E-state index in [-0.39, 0.29) is 11.1 Å². The van der Waals surface area contributed by atoms with Gasteiger partial charge in [0.25, 0.3) is 0 Å². The number of fused-ring (bicyclic) bond motifs is 1. The minimum atomic E-state index is -1.10. The molecule has 0 fully saturated rings. The summed E-state index contributed by atoms with van der Waals surface area (Å²) in [6, 6.07) is 11.7. The number of hydrogen-bond donors (Lipinski definition) is 3. The average molecular weight is 351 g/mol. The molecule has 3 aromatic rings. The molecule has 1 heterocycles. The van der Waals surface area contributed by atoms with E-state index in [4.69, 9.17) is 5.11 Å². The van der Waals surface area contributed by atoms with E-state index in [0.717, 1.165) is 5.69 Å². The Hall–Kier alpha value is -3.61. The van der Waals surface area contributed by atoms with Crippen molar-refractivity contribution in [2.75, 3.05) is 24.3 Å². The third-order valence-corrected chi connectivity index (χ3v) is 4.00. The van der Waals surface area contributed by atoms with Crippen molar-refractivity contribution < 1.29 is 19.8 Å². The Bertz CT molecular complexity index is 998. The molecule has 0 unspecified atom stereocenters. The summed E-state index contributed by atoms with van der Waals surface area (Å²) in [5.41, 5.74) is 2.75. The topological polar surface area (TPSA) is 103 Å². The first kappa shape index (κ1) is 17.2. The number of aromatic nitrogens is 1. The third-order valence-electron chi connectivity index (χ3n) is 4.00. The smallest absolute Gasteiger partial charge is 0.339 e. The van der Waals surface area contributed by atoms with Crippen molar-refractivity contribution in [2.45, 2.75) is 0 Å². The summed E-state index contributed by atoms with van der Waals surface area (Å²) >= 11 is 0. The summed E-state index contributed by atoms with van der Waals surface area (Å²) in [5.74, 6) is -2.12. The molecule has 3 N–H and O–H groups in total. The number of nitrogens with one attached hydrogen (secondary N) is 1. The Labute approximate surface area is 149 Å². The van der Waals surface area contributed by atoms with Crippen LogP contribution in [-0.4, -0.2) is 41.2 Å². The maximum atomic E-state index is 11.6. The lowest BCUT2D eigenvalue weighted by molar-refractivity contribution is 0.0686. The fraction of sp³-hybridized carbons (Fsp3) is 0.105. The zero-order valence-electron chi connectivity index (χ0n) is 14.2. The van der Waals surface area contributed by atoms with Gasteiger partial charge in [0.1, 0.15) is 5.56 Å². The fourth-order valence-corrected chi connectivity index (χ4v) is 2.60. The summed E-state index contributed by atoms with van der Waals surface area (Å²) in [6.45, 7) is 0. The zero-order chi connectivity index (χ0) is 18.8. The highest BCUT2D eigenvalue weighted by Crippen LogP contribution is 2.31. The number of rotatable bonds is 5. The van der Waals surface area contributed by atoms with Crippen LogP contribution in [0.15, 0.2) is 48.7 Å². The Morgan fingerprint density at radius 2 is 1.69 bits per heavy atom. The Morgan fingerprint density at radius 1 is 1.00 bits per heavy atom. The second-order valence-corrected chi connectivity index (χ2v) is 5.96. The minimum Gasteiger partial charge on any atom is -0.478 e. The summed E-state index contributed by atoms with van der Waals surface area (Å²) < 4.78 is 0. The normalized spacial score (nSPS) is 10.5. The standard InChI is InChI=1S/C19H17N3O4/c1-22(2)13-7-8-16-14(9-13)17(15(10-20-16)19(25)26)21-12-5-3-11(4-6-12)18(23)24/h3-10H,1-2H3,(H,20,21)(H,23,24)(H,25,26). The van der Waals surface area contributed by atoms with E-state index >= 15 is 0 Å². The van der Waals surface area contributed by atoms with Crippen LogP contribution in [0.3, 0.4) is 0 Å². The Balaban J connectivity index is 2.14. The molecule has 1 aromatic heterocycles. The second-order valence-electron chi connectivity index (χ2n) is 5.96. The van der Waals surface area contributed by atoms with Gasteiger partial charge >= 0.3 is 11.9 Å². The van der Waals surface area contributed by atoms with Gasteiger partial charge < -0.3 is 20.4 Å². The fourth-order valence-electron chi connectivity index (χ4n) is 2.60. The Kier molecular flexibility index (Phi) is 4.45. The molecular weight excluding hydrogens is 334 g/mol. The predicted octanol–water partition coefficient (Wildman–Crippen LogP) is 3.44. The number of benzene rings is 2. The van der Waals surface area contributed by atoms with Crippen LogP contribution in [0, 0.1) is 0 Å². The summed E-state index contributed by atoms with van der Waals surface area (Å²) in [6.07, 6.45) is 1.31. The minimum absolute atomic E-state index is 0.0377.